The zero-order valence-electron chi connectivity index (χ0n) is 19.8. The lowest BCUT2D eigenvalue weighted by Gasteiger charge is -2.36. The van der Waals surface area contributed by atoms with Gasteiger partial charge in [-0.1, -0.05) is 29.8 Å². The van der Waals surface area contributed by atoms with Gasteiger partial charge in [0.25, 0.3) is 11.8 Å². The molecule has 0 saturated carbocycles. The first kappa shape index (κ1) is 24.2. The third-order valence-corrected chi connectivity index (χ3v) is 6.14. The van der Waals surface area contributed by atoms with E-state index in [0.29, 0.717) is 24.4 Å². The molecule has 2 amide bonds. The summed E-state index contributed by atoms with van der Waals surface area (Å²) in [6, 6.07) is 22.5. The molecule has 3 aromatic rings. The second-order valence-corrected chi connectivity index (χ2v) is 8.71. The van der Waals surface area contributed by atoms with Crippen molar-refractivity contribution >= 4 is 40.5 Å². The van der Waals surface area contributed by atoms with E-state index < -0.39 is 0 Å². The van der Waals surface area contributed by atoms with Crippen molar-refractivity contribution in [3.05, 3.63) is 89.5 Å². The van der Waals surface area contributed by atoms with E-state index in [9.17, 15) is 9.59 Å². The Labute approximate surface area is 210 Å². The van der Waals surface area contributed by atoms with Crippen LogP contribution in [0, 0.1) is 6.92 Å². The molecule has 3 aromatic carbocycles. The molecule has 8 heteroatoms. The van der Waals surface area contributed by atoms with Gasteiger partial charge in [-0.2, -0.15) is 0 Å². The summed E-state index contributed by atoms with van der Waals surface area (Å²) in [7, 11) is 1.52. The van der Waals surface area contributed by atoms with Gasteiger partial charge in [0.05, 0.1) is 12.7 Å². The fourth-order valence-electron chi connectivity index (χ4n) is 3.97. The standard InChI is InChI=1S/C27H28N4O3S/c1-19-7-9-20(10-8-19)26(33)31-17-15-30(16-18-31)22-13-11-21(12-14-22)28-27(35)29-25(32)23-5-3-4-6-24(23)34-2/h3-14H,15-18H2,1-2H3,(H2,28,29,32,35). The van der Waals surface area contributed by atoms with E-state index in [4.69, 9.17) is 17.0 Å². The predicted octanol–water partition coefficient (Wildman–Crippen LogP) is 4.09. The lowest BCUT2D eigenvalue weighted by molar-refractivity contribution is 0.0746. The molecule has 1 saturated heterocycles. The Morgan fingerprint density at radius 3 is 2.20 bits per heavy atom. The molecule has 0 bridgehead atoms. The van der Waals surface area contributed by atoms with Gasteiger partial charge in [-0.15, -0.1) is 0 Å². The quantitative estimate of drug-likeness (QED) is 0.527. The molecule has 7 nitrogen and oxygen atoms in total. The molecule has 0 aliphatic carbocycles. The molecule has 2 N–H and O–H groups in total. The van der Waals surface area contributed by atoms with Crippen LogP contribution in [0.4, 0.5) is 11.4 Å². The van der Waals surface area contributed by atoms with Gasteiger partial charge in [-0.3, -0.25) is 14.9 Å². The number of benzene rings is 3. The number of carbonyl (C=O) groups excluding carboxylic acids is 2. The van der Waals surface area contributed by atoms with Gasteiger partial charge in [0.1, 0.15) is 5.75 Å². The first-order valence-corrected chi connectivity index (χ1v) is 11.8. The van der Waals surface area contributed by atoms with E-state index in [-0.39, 0.29) is 16.9 Å². The second kappa shape index (κ2) is 11.0. The summed E-state index contributed by atoms with van der Waals surface area (Å²) in [6.07, 6.45) is 0. The van der Waals surface area contributed by atoms with Crippen molar-refractivity contribution in [2.75, 3.05) is 43.5 Å². The number of ether oxygens (including phenoxy) is 1. The molecule has 0 unspecified atom stereocenters. The number of carbonyl (C=O) groups is 2. The van der Waals surface area contributed by atoms with Crippen molar-refractivity contribution in [1.29, 1.82) is 0 Å². The molecule has 35 heavy (non-hydrogen) atoms. The Balaban J connectivity index is 1.29. The van der Waals surface area contributed by atoms with Gasteiger partial charge in [0.2, 0.25) is 0 Å². The van der Waals surface area contributed by atoms with Gasteiger partial charge >= 0.3 is 0 Å². The number of nitrogens with zero attached hydrogens (tertiary/aromatic N) is 2. The predicted molar refractivity (Wildman–Crippen MR) is 142 cm³/mol. The number of methoxy groups -OCH3 is 1. The van der Waals surface area contributed by atoms with Crippen LogP contribution in [-0.2, 0) is 0 Å². The summed E-state index contributed by atoms with van der Waals surface area (Å²) in [6.45, 7) is 4.88. The van der Waals surface area contributed by atoms with E-state index in [2.05, 4.69) is 15.5 Å². The number of thiocarbonyl (C=S) groups is 1. The number of anilines is 2. The fourth-order valence-corrected chi connectivity index (χ4v) is 4.18. The van der Waals surface area contributed by atoms with Crippen molar-refractivity contribution in [2.45, 2.75) is 6.92 Å². The monoisotopic (exact) mass is 488 g/mol. The minimum atomic E-state index is -0.338. The molecule has 1 aliphatic heterocycles. The van der Waals surface area contributed by atoms with Crippen LogP contribution in [0.5, 0.6) is 5.75 Å². The number of rotatable bonds is 5. The lowest BCUT2D eigenvalue weighted by Crippen LogP contribution is -2.48. The van der Waals surface area contributed by atoms with Gasteiger partial charge < -0.3 is 19.9 Å². The van der Waals surface area contributed by atoms with Crippen molar-refractivity contribution in [2.24, 2.45) is 0 Å². The Kier molecular flexibility index (Phi) is 7.62. The Bertz CT molecular complexity index is 1200. The first-order chi connectivity index (χ1) is 16.9. The molecule has 0 spiro atoms. The lowest BCUT2D eigenvalue weighted by atomic mass is 10.1. The maximum Gasteiger partial charge on any atom is 0.261 e. The van der Waals surface area contributed by atoms with Crippen molar-refractivity contribution in [1.82, 2.24) is 10.2 Å². The fraction of sp³-hybridized carbons (Fsp3) is 0.222. The third-order valence-electron chi connectivity index (χ3n) is 5.93. The second-order valence-electron chi connectivity index (χ2n) is 8.30. The van der Waals surface area contributed by atoms with Gasteiger partial charge in [0.15, 0.2) is 5.11 Å². The number of nitrogens with one attached hydrogen (secondary N) is 2. The SMILES string of the molecule is COc1ccccc1C(=O)NC(=S)Nc1ccc(N2CCN(C(=O)c3ccc(C)cc3)CC2)cc1. The van der Waals surface area contributed by atoms with E-state index in [1.165, 1.54) is 7.11 Å². The summed E-state index contributed by atoms with van der Waals surface area (Å²) >= 11 is 5.30. The minimum Gasteiger partial charge on any atom is -0.496 e. The van der Waals surface area contributed by atoms with Crippen LogP contribution in [0.15, 0.2) is 72.8 Å². The summed E-state index contributed by atoms with van der Waals surface area (Å²) in [4.78, 5) is 29.4. The van der Waals surface area contributed by atoms with Crippen LogP contribution in [0.3, 0.4) is 0 Å². The highest BCUT2D eigenvalue weighted by molar-refractivity contribution is 7.80. The van der Waals surface area contributed by atoms with Gasteiger partial charge in [-0.05, 0) is 67.7 Å². The Morgan fingerprint density at radius 1 is 0.886 bits per heavy atom. The van der Waals surface area contributed by atoms with Crippen LogP contribution in [0.2, 0.25) is 0 Å². The molecular weight excluding hydrogens is 460 g/mol. The molecule has 4 rings (SSSR count). The summed E-state index contributed by atoms with van der Waals surface area (Å²) in [5, 5.41) is 5.93. The van der Waals surface area contributed by atoms with E-state index >= 15 is 0 Å². The van der Waals surface area contributed by atoms with E-state index in [1.54, 1.807) is 24.3 Å². The van der Waals surface area contributed by atoms with Crippen molar-refractivity contribution in [3.8, 4) is 5.75 Å². The van der Waals surface area contributed by atoms with Crippen LogP contribution in [0.1, 0.15) is 26.3 Å². The van der Waals surface area contributed by atoms with Gasteiger partial charge in [0, 0.05) is 43.1 Å². The maximum atomic E-state index is 12.8. The van der Waals surface area contributed by atoms with Crippen LogP contribution >= 0.6 is 12.2 Å². The minimum absolute atomic E-state index is 0.0767. The number of para-hydroxylation sites is 1. The normalized spacial score (nSPS) is 13.2. The highest BCUT2D eigenvalue weighted by Gasteiger charge is 2.22. The third kappa shape index (κ3) is 5.96. The van der Waals surface area contributed by atoms with Gasteiger partial charge in [-0.25, -0.2) is 0 Å². The molecule has 1 aliphatic rings. The number of piperazine rings is 1. The average Bonchev–Trinajstić information content (AvgIpc) is 2.89. The van der Waals surface area contributed by atoms with Crippen LogP contribution in [-0.4, -0.2) is 55.1 Å². The number of aryl methyl sites for hydroxylation is 1. The van der Waals surface area contributed by atoms with Crippen LogP contribution < -0.4 is 20.3 Å². The smallest absolute Gasteiger partial charge is 0.261 e. The summed E-state index contributed by atoms with van der Waals surface area (Å²) in [5.41, 5.74) is 4.13. The van der Waals surface area contributed by atoms with Crippen molar-refractivity contribution < 1.29 is 14.3 Å². The molecule has 0 radical (unpaired) electrons. The Morgan fingerprint density at radius 2 is 1.54 bits per heavy atom. The molecule has 180 valence electrons. The zero-order valence-corrected chi connectivity index (χ0v) is 20.6. The summed E-state index contributed by atoms with van der Waals surface area (Å²) < 4.78 is 5.23. The zero-order chi connectivity index (χ0) is 24.8. The van der Waals surface area contributed by atoms with Crippen LogP contribution in [0.25, 0.3) is 0 Å². The molecule has 1 heterocycles. The Hall–Kier alpha value is -3.91. The number of amides is 2. The highest BCUT2D eigenvalue weighted by atomic mass is 32.1. The molecule has 0 aromatic heterocycles. The largest absolute Gasteiger partial charge is 0.496 e. The molecular formula is C27H28N4O3S. The number of hydrogen-bond donors (Lipinski definition) is 2. The first-order valence-electron chi connectivity index (χ1n) is 11.4. The maximum absolute atomic E-state index is 12.8. The molecule has 0 atom stereocenters. The topological polar surface area (TPSA) is 73.9 Å². The molecule has 1 fully saturated rings. The summed E-state index contributed by atoms with van der Waals surface area (Å²) in [5.74, 6) is 0.223. The van der Waals surface area contributed by atoms with Crippen molar-refractivity contribution in [3.63, 3.8) is 0 Å². The number of hydrogen-bond acceptors (Lipinski definition) is 5. The van der Waals surface area contributed by atoms with E-state index in [1.807, 2.05) is 60.4 Å². The van der Waals surface area contributed by atoms with E-state index in [0.717, 1.165) is 35.6 Å². The highest BCUT2D eigenvalue weighted by Crippen LogP contribution is 2.21. The average molecular weight is 489 g/mol.